The SMILES string of the molecule is CO[C@H]1C[C@@H](C(=O)NCc2ccncc2C)N(C)C1. The Morgan fingerprint density at radius 2 is 2.42 bits per heavy atom. The number of nitrogens with zero attached hydrogens (tertiary/aromatic N) is 2. The molecule has 1 aliphatic rings. The second-order valence-electron chi connectivity index (χ2n) is 5.07. The minimum absolute atomic E-state index is 0.0678. The lowest BCUT2D eigenvalue weighted by atomic mass is 10.1. The summed E-state index contributed by atoms with van der Waals surface area (Å²) < 4.78 is 5.31. The molecule has 0 spiro atoms. The fraction of sp³-hybridized carbons (Fsp3) is 0.571. The molecule has 2 rings (SSSR count). The van der Waals surface area contributed by atoms with Crippen molar-refractivity contribution < 1.29 is 9.53 Å². The molecular weight excluding hydrogens is 242 g/mol. The number of methoxy groups -OCH3 is 1. The zero-order chi connectivity index (χ0) is 13.8. The second kappa shape index (κ2) is 6.12. The summed E-state index contributed by atoms with van der Waals surface area (Å²) in [6, 6.07) is 1.85. The maximum absolute atomic E-state index is 12.2. The number of pyridine rings is 1. The molecule has 0 aliphatic carbocycles. The van der Waals surface area contributed by atoms with Crippen LogP contribution in [0.5, 0.6) is 0 Å². The Labute approximate surface area is 114 Å². The average Bonchev–Trinajstić information content (AvgIpc) is 2.79. The van der Waals surface area contributed by atoms with Gasteiger partial charge in [0.1, 0.15) is 0 Å². The molecule has 5 heteroatoms. The molecule has 19 heavy (non-hydrogen) atoms. The van der Waals surface area contributed by atoms with Crippen molar-refractivity contribution in [2.24, 2.45) is 0 Å². The van der Waals surface area contributed by atoms with E-state index in [0.29, 0.717) is 6.54 Å². The molecule has 1 amide bonds. The third kappa shape index (κ3) is 3.30. The van der Waals surface area contributed by atoms with Gasteiger partial charge in [0.15, 0.2) is 0 Å². The van der Waals surface area contributed by atoms with Crippen LogP contribution in [0.2, 0.25) is 0 Å². The van der Waals surface area contributed by atoms with Crippen molar-refractivity contribution in [3.05, 3.63) is 29.6 Å². The summed E-state index contributed by atoms with van der Waals surface area (Å²) in [4.78, 5) is 18.3. The summed E-state index contributed by atoms with van der Waals surface area (Å²) in [7, 11) is 3.65. The van der Waals surface area contributed by atoms with E-state index in [4.69, 9.17) is 4.74 Å². The van der Waals surface area contributed by atoms with E-state index in [-0.39, 0.29) is 18.1 Å². The number of rotatable bonds is 4. The van der Waals surface area contributed by atoms with Gasteiger partial charge in [-0.15, -0.1) is 0 Å². The molecule has 5 nitrogen and oxygen atoms in total. The van der Waals surface area contributed by atoms with E-state index in [2.05, 4.69) is 10.3 Å². The van der Waals surface area contributed by atoms with Crippen molar-refractivity contribution in [1.29, 1.82) is 0 Å². The molecule has 1 N–H and O–H groups in total. The zero-order valence-corrected chi connectivity index (χ0v) is 11.7. The Morgan fingerprint density at radius 1 is 1.63 bits per heavy atom. The van der Waals surface area contributed by atoms with Gasteiger partial charge in [-0.25, -0.2) is 0 Å². The van der Waals surface area contributed by atoms with Crippen molar-refractivity contribution in [3.63, 3.8) is 0 Å². The normalized spacial score (nSPS) is 23.5. The highest BCUT2D eigenvalue weighted by atomic mass is 16.5. The van der Waals surface area contributed by atoms with Gasteiger partial charge in [0, 0.05) is 32.6 Å². The number of aryl methyl sites for hydroxylation is 1. The van der Waals surface area contributed by atoms with E-state index in [1.807, 2.05) is 31.1 Å². The van der Waals surface area contributed by atoms with Gasteiger partial charge >= 0.3 is 0 Å². The summed E-state index contributed by atoms with van der Waals surface area (Å²) in [5.41, 5.74) is 2.20. The van der Waals surface area contributed by atoms with Crippen molar-refractivity contribution >= 4 is 5.91 Å². The lowest BCUT2D eigenvalue weighted by molar-refractivity contribution is -0.125. The molecule has 1 fully saturated rings. The fourth-order valence-corrected chi connectivity index (χ4v) is 2.43. The quantitative estimate of drug-likeness (QED) is 0.870. The number of likely N-dealkylation sites (N-methyl/N-ethyl adjacent to an activating group) is 1. The van der Waals surface area contributed by atoms with Crippen LogP contribution in [0.15, 0.2) is 18.5 Å². The standard InChI is InChI=1S/C14H21N3O2/c1-10-7-15-5-4-11(10)8-16-14(18)13-6-12(19-3)9-17(13)2/h4-5,7,12-13H,6,8-9H2,1-3H3,(H,16,18)/t12-,13-/m0/s1. The number of amides is 1. The van der Waals surface area contributed by atoms with Crippen LogP contribution in [-0.4, -0.2) is 48.6 Å². The van der Waals surface area contributed by atoms with Crippen LogP contribution in [0.25, 0.3) is 0 Å². The zero-order valence-electron chi connectivity index (χ0n) is 11.7. The number of hydrogen-bond donors (Lipinski definition) is 1. The van der Waals surface area contributed by atoms with E-state index in [1.165, 1.54) is 0 Å². The third-order valence-electron chi connectivity index (χ3n) is 3.74. The summed E-state index contributed by atoms with van der Waals surface area (Å²) in [6.45, 7) is 3.36. The Hall–Kier alpha value is -1.46. The Balaban J connectivity index is 1.90. The number of aromatic nitrogens is 1. The van der Waals surface area contributed by atoms with E-state index in [9.17, 15) is 4.79 Å². The van der Waals surface area contributed by atoms with Gasteiger partial charge in [0.25, 0.3) is 0 Å². The lowest BCUT2D eigenvalue weighted by Gasteiger charge is -2.18. The molecule has 1 aliphatic heterocycles. The van der Waals surface area contributed by atoms with Crippen LogP contribution in [0.4, 0.5) is 0 Å². The van der Waals surface area contributed by atoms with Gasteiger partial charge < -0.3 is 10.1 Å². The van der Waals surface area contributed by atoms with Crippen LogP contribution in [-0.2, 0) is 16.1 Å². The summed E-state index contributed by atoms with van der Waals surface area (Å²) >= 11 is 0. The molecule has 1 aromatic heterocycles. The minimum Gasteiger partial charge on any atom is -0.380 e. The first-order chi connectivity index (χ1) is 9.11. The first-order valence-electron chi connectivity index (χ1n) is 6.52. The predicted octanol–water partition coefficient (Wildman–Crippen LogP) is 0.725. The van der Waals surface area contributed by atoms with Crippen LogP contribution >= 0.6 is 0 Å². The van der Waals surface area contributed by atoms with E-state index < -0.39 is 0 Å². The first-order valence-corrected chi connectivity index (χ1v) is 6.52. The van der Waals surface area contributed by atoms with Crippen LogP contribution < -0.4 is 5.32 Å². The van der Waals surface area contributed by atoms with Crippen molar-refractivity contribution in [2.75, 3.05) is 20.7 Å². The third-order valence-corrected chi connectivity index (χ3v) is 3.74. The highest BCUT2D eigenvalue weighted by molar-refractivity contribution is 5.82. The lowest BCUT2D eigenvalue weighted by Crippen LogP contribution is -2.41. The molecule has 0 radical (unpaired) electrons. The van der Waals surface area contributed by atoms with Gasteiger partial charge in [0.2, 0.25) is 5.91 Å². The molecule has 0 unspecified atom stereocenters. The molecular formula is C14H21N3O2. The number of likely N-dealkylation sites (tertiary alicyclic amines) is 1. The molecule has 2 atom stereocenters. The Kier molecular flexibility index (Phi) is 4.50. The van der Waals surface area contributed by atoms with Crippen LogP contribution in [0.3, 0.4) is 0 Å². The van der Waals surface area contributed by atoms with Crippen molar-refractivity contribution in [3.8, 4) is 0 Å². The first kappa shape index (κ1) is 14.0. The van der Waals surface area contributed by atoms with E-state index in [1.54, 1.807) is 13.3 Å². The number of carbonyl (C=O) groups is 1. The fourth-order valence-electron chi connectivity index (χ4n) is 2.43. The number of ether oxygens (including phenoxy) is 1. The summed E-state index contributed by atoms with van der Waals surface area (Å²) in [6.07, 6.45) is 4.47. The highest BCUT2D eigenvalue weighted by Crippen LogP contribution is 2.18. The van der Waals surface area contributed by atoms with Gasteiger partial charge in [0.05, 0.1) is 12.1 Å². The van der Waals surface area contributed by atoms with Crippen LogP contribution in [0.1, 0.15) is 17.5 Å². The highest BCUT2D eigenvalue weighted by Gasteiger charge is 2.34. The van der Waals surface area contributed by atoms with Gasteiger partial charge in [-0.3, -0.25) is 14.7 Å². The Bertz CT molecular complexity index is 450. The molecule has 104 valence electrons. The Morgan fingerprint density at radius 3 is 3.05 bits per heavy atom. The van der Waals surface area contributed by atoms with E-state index in [0.717, 1.165) is 24.1 Å². The number of hydrogen-bond acceptors (Lipinski definition) is 4. The molecule has 0 aromatic carbocycles. The largest absolute Gasteiger partial charge is 0.380 e. The maximum atomic E-state index is 12.2. The molecule has 0 bridgehead atoms. The minimum atomic E-state index is -0.0907. The molecule has 0 saturated carbocycles. The van der Waals surface area contributed by atoms with Crippen LogP contribution in [0, 0.1) is 6.92 Å². The topological polar surface area (TPSA) is 54.5 Å². The monoisotopic (exact) mass is 263 g/mol. The van der Waals surface area contributed by atoms with Gasteiger partial charge in [-0.05, 0) is 37.6 Å². The van der Waals surface area contributed by atoms with E-state index >= 15 is 0 Å². The molecule has 2 heterocycles. The average molecular weight is 263 g/mol. The van der Waals surface area contributed by atoms with Crippen molar-refractivity contribution in [1.82, 2.24) is 15.2 Å². The van der Waals surface area contributed by atoms with Gasteiger partial charge in [-0.1, -0.05) is 0 Å². The molecule has 1 saturated heterocycles. The van der Waals surface area contributed by atoms with Gasteiger partial charge in [-0.2, -0.15) is 0 Å². The predicted molar refractivity (Wildman–Crippen MR) is 72.7 cm³/mol. The maximum Gasteiger partial charge on any atom is 0.237 e. The summed E-state index contributed by atoms with van der Waals surface area (Å²) in [5.74, 6) is 0.0678. The number of nitrogens with one attached hydrogen (secondary N) is 1. The smallest absolute Gasteiger partial charge is 0.237 e. The summed E-state index contributed by atoms with van der Waals surface area (Å²) in [5, 5.41) is 2.99. The number of carbonyl (C=O) groups excluding carboxylic acids is 1. The van der Waals surface area contributed by atoms with Crippen molar-refractivity contribution in [2.45, 2.75) is 32.0 Å². The second-order valence-corrected chi connectivity index (χ2v) is 5.07. The molecule has 1 aromatic rings.